The van der Waals surface area contributed by atoms with Gasteiger partial charge in [0.05, 0.1) is 12.3 Å². The first kappa shape index (κ1) is 17.9. The molecule has 0 atom stereocenters. The molecule has 26 heavy (non-hydrogen) atoms. The summed E-state index contributed by atoms with van der Waals surface area (Å²) in [4.78, 5) is 16.3. The van der Waals surface area contributed by atoms with Crippen LogP contribution in [0.3, 0.4) is 0 Å². The molecule has 2 N–H and O–H groups in total. The first-order valence-electron chi connectivity index (χ1n) is 8.32. The van der Waals surface area contributed by atoms with Crippen molar-refractivity contribution in [2.45, 2.75) is 13.3 Å². The van der Waals surface area contributed by atoms with E-state index in [4.69, 9.17) is 16.3 Å². The number of H-pyrrole nitrogens is 1. The molecule has 0 bridgehead atoms. The van der Waals surface area contributed by atoms with Gasteiger partial charge in [-0.3, -0.25) is 14.9 Å². The van der Waals surface area contributed by atoms with E-state index >= 15 is 0 Å². The van der Waals surface area contributed by atoms with Crippen molar-refractivity contribution in [1.82, 2.24) is 20.5 Å². The normalized spacial score (nSPS) is 10.5. The highest BCUT2D eigenvalue weighted by molar-refractivity contribution is 6.31. The van der Waals surface area contributed by atoms with Gasteiger partial charge in [0, 0.05) is 29.5 Å². The number of hydrogen-bond acceptors (Lipinski definition) is 4. The summed E-state index contributed by atoms with van der Waals surface area (Å²) in [7, 11) is 0. The van der Waals surface area contributed by atoms with Crippen LogP contribution in [0.15, 0.2) is 48.8 Å². The Labute approximate surface area is 156 Å². The highest BCUT2D eigenvalue weighted by Crippen LogP contribution is 2.31. The average molecular weight is 371 g/mol. The lowest BCUT2D eigenvalue weighted by atomic mass is 10.1. The minimum absolute atomic E-state index is 0.210. The van der Waals surface area contributed by atoms with Gasteiger partial charge < -0.3 is 10.1 Å². The van der Waals surface area contributed by atoms with E-state index in [0.717, 1.165) is 17.5 Å². The lowest BCUT2D eigenvalue weighted by molar-refractivity contribution is 0.0949. The van der Waals surface area contributed by atoms with E-state index < -0.39 is 0 Å². The van der Waals surface area contributed by atoms with E-state index in [1.807, 2.05) is 19.1 Å². The minimum atomic E-state index is -0.210. The van der Waals surface area contributed by atoms with Crippen LogP contribution in [0.5, 0.6) is 5.75 Å². The van der Waals surface area contributed by atoms with Gasteiger partial charge in [-0.05, 0) is 55.3 Å². The predicted molar refractivity (Wildman–Crippen MR) is 100 cm³/mol. The molecule has 0 radical (unpaired) electrons. The van der Waals surface area contributed by atoms with Gasteiger partial charge in [0.15, 0.2) is 0 Å². The maximum absolute atomic E-state index is 12.3. The molecule has 0 aliphatic carbocycles. The highest BCUT2D eigenvalue weighted by atomic mass is 35.5. The second kappa shape index (κ2) is 8.49. The molecule has 0 saturated carbocycles. The number of rotatable bonds is 7. The average Bonchev–Trinajstić information content (AvgIpc) is 3.14. The summed E-state index contributed by atoms with van der Waals surface area (Å²) < 4.78 is 5.61. The maximum Gasteiger partial charge on any atom is 0.269 e. The Morgan fingerprint density at radius 2 is 2.04 bits per heavy atom. The van der Waals surface area contributed by atoms with Crippen molar-refractivity contribution in [2.24, 2.45) is 0 Å². The van der Waals surface area contributed by atoms with Crippen LogP contribution in [0.1, 0.15) is 23.0 Å². The van der Waals surface area contributed by atoms with Crippen molar-refractivity contribution in [3.8, 4) is 17.0 Å². The third kappa shape index (κ3) is 4.40. The molecule has 0 aliphatic heterocycles. The van der Waals surface area contributed by atoms with Gasteiger partial charge in [-0.15, -0.1) is 0 Å². The van der Waals surface area contributed by atoms with Crippen LogP contribution in [0.25, 0.3) is 11.3 Å². The van der Waals surface area contributed by atoms with Crippen LogP contribution in [-0.2, 0) is 6.42 Å². The van der Waals surface area contributed by atoms with Crippen LogP contribution in [-0.4, -0.2) is 34.2 Å². The number of pyridine rings is 1. The first-order chi connectivity index (χ1) is 12.7. The summed E-state index contributed by atoms with van der Waals surface area (Å²) in [5.41, 5.74) is 2.85. The Morgan fingerprint density at radius 1 is 1.23 bits per heavy atom. The number of carbonyl (C=O) groups is 1. The number of aromatic amines is 1. The maximum atomic E-state index is 12.3. The topological polar surface area (TPSA) is 79.9 Å². The SMILES string of the molecule is CCOc1ccc(Cl)cc1-c1cc(C(=O)NCCc2ccncc2)[nH]n1. The molecule has 134 valence electrons. The molecule has 2 aromatic heterocycles. The number of nitrogens with zero attached hydrogens (tertiary/aromatic N) is 2. The van der Waals surface area contributed by atoms with Crippen LogP contribution >= 0.6 is 11.6 Å². The number of aromatic nitrogens is 3. The Morgan fingerprint density at radius 3 is 2.81 bits per heavy atom. The van der Waals surface area contributed by atoms with Crippen LogP contribution < -0.4 is 10.1 Å². The molecule has 7 heteroatoms. The molecule has 0 unspecified atom stereocenters. The van der Waals surface area contributed by atoms with Crippen molar-refractivity contribution in [3.05, 3.63) is 65.1 Å². The molecule has 0 fully saturated rings. The Bertz CT molecular complexity index is 880. The van der Waals surface area contributed by atoms with Gasteiger partial charge >= 0.3 is 0 Å². The lowest BCUT2D eigenvalue weighted by Gasteiger charge is -2.08. The minimum Gasteiger partial charge on any atom is -0.493 e. The third-order valence-electron chi connectivity index (χ3n) is 3.79. The fourth-order valence-electron chi connectivity index (χ4n) is 2.52. The lowest BCUT2D eigenvalue weighted by Crippen LogP contribution is -2.26. The molecule has 3 aromatic rings. The molecule has 3 rings (SSSR count). The van der Waals surface area contributed by atoms with Gasteiger partial charge in [-0.25, -0.2) is 0 Å². The van der Waals surface area contributed by atoms with Gasteiger partial charge in [0.1, 0.15) is 11.4 Å². The van der Waals surface area contributed by atoms with Gasteiger partial charge in [-0.2, -0.15) is 5.10 Å². The monoisotopic (exact) mass is 370 g/mol. The zero-order valence-corrected chi connectivity index (χ0v) is 15.1. The van der Waals surface area contributed by atoms with Crippen molar-refractivity contribution in [3.63, 3.8) is 0 Å². The largest absolute Gasteiger partial charge is 0.493 e. The van der Waals surface area contributed by atoms with Gasteiger partial charge in [0.2, 0.25) is 0 Å². The number of benzene rings is 1. The predicted octanol–water partition coefficient (Wildman–Crippen LogP) is 3.50. The van der Waals surface area contributed by atoms with E-state index in [1.165, 1.54) is 0 Å². The number of carbonyl (C=O) groups excluding carboxylic acids is 1. The van der Waals surface area contributed by atoms with E-state index in [1.54, 1.807) is 36.7 Å². The number of amides is 1. The van der Waals surface area contributed by atoms with E-state index in [0.29, 0.717) is 35.3 Å². The van der Waals surface area contributed by atoms with Crippen LogP contribution in [0.4, 0.5) is 0 Å². The number of halogens is 1. The molecule has 0 aliphatic rings. The Balaban J connectivity index is 1.67. The second-order valence-corrected chi connectivity index (χ2v) is 6.04. The second-order valence-electron chi connectivity index (χ2n) is 5.60. The van der Waals surface area contributed by atoms with E-state index in [2.05, 4.69) is 20.5 Å². The van der Waals surface area contributed by atoms with Crippen LogP contribution in [0, 0.1) is 0 Å². The summed E-state index contributed by atoms with van der Waals surface area (Å²) in [5.74, 6) is 0.464. The van der Waals surface area contributed by atoms with Crippen molar-refractivity contribution >= 4 is 17.5 Å². The van der Waals surface area contributed by atoms with Gasteiger partial charge in [-0.1, -0.05) is 11.6 Å². The Kier molecular flexibility index (Phi) is 5.86. The highest BCUT2D eigenvalue weighted by Gasteiger charge is 2.14. The van der Waals surface area contributed by atoms with Crippen molar-refractivity contribution in [1.29, 1.82) is 0 Å². The van der Waals surface area contributed by atoms with Crippen LogP contribution in [0.2, 0.25) is 5.02 Å². The molecule has 1 amide bonds. The number of nitrogens with one attached hydrogen (secondary N) is 2. The van der Waals surface area contributed by atoms with Crippen molar-refractivity contribution < 1.29 is 9.53 Å². The molecule has 2 heterocycles. The molecular formula is C19H19ClN4O2. The fourth-order valence-corrected chi connectivity index (χ4v) is 2.70. The third-order valence-corrected chi connectivity index (χ3v) is 4.02. The summed E-state index contributed by atoms with van der Waals surface area (Å²) in [6, 6.07) is 10.9. The molecule has 6 nitrogen and oxygen atoms in total. The number of hydrogen-bond donors (Lipinski definition) is 2. The first-order valence-corrected chi connectivity index (χ1v) is 8.70. The quantitative estimate of drug-likeness (QED) is 0.667. The molecule has 0 spiro atoms. The Hall–Kier alpha value is -2.86. The summed E-state index contributed by atoms with van der Waals surface area (Å²) in [5, 5.41) is 10.4. The van der Waals surface area contributed by atoms with Crippen molar-refractivity contribution in [2.75, 3.05) is 13.2 Å². The number of ether oxygens (including phenoxy) is 1. The van der Waals surface area contributed by atoms with E-state index in [-0.39, 0.29) is 5.91 Å². The standard InChI is InChI=1S/C19H19ClN4O2/c1-2-26-18-4-3-14(20)11-15(18)16-12-17(24-23-16)19(25)22-10-7-13-5-8-21-9-6-13/h3-6,8-9,11-12H,2,7,10H2,1H3,(H,22,25)(H,23,24). The zero-order chi connectivity index (χ0) is 18.4. The smallest absolute Gasteiger partial charge is 0.269 e. The van der Waals surface area contributed by atoms with E-state index in [9.17, 15) is 4.79 Å². The molecule has 0 saturated heterocycles. The molecule has 1 aromatic carbocycles. The van der Waals surface area contributed by atoms with Gasteiger partial charge in [0.25, 0.3) is 5.91 Å². The summed E-state index contributed by atoms with van der Waals surface area (Å²) in [6.45, 7) is 2.96. The zero-order valence-electron chi connectivity index (χ0n) is 14.3. The fraction of sp³-hybridized carbons (Fsp3) is 0.211. The summed E-state index contributed by atoms with van der Waals surface area (Å²) in [6.07, 6.45) is 4.20. The summed E-state index contributed by atoms with van der Waals surface area (Å²) >= 11 is 6.09. The molecular weight excluding hydrogens is 352 g/mol.